The van der Waals surface area contributed by atoms with Crippen LogP contribution in [0.4, 0.5) is 5.82 Å². The number of rotatable bonds is 3. The van der Waals surface area contributed by atoms with Gasteiger partial charge in [-0.05, 0) is 34.7 Å². The number of nitrogens with zero attached hydrogens (tertiary/aromatic N) is 2. The van der Waals surface area contributed by atoms with Crippen molar-refractivity contribution >= 4 is 27.7 Å². The molecule has 1 amide bonds. The van der Waals surface area contributed by atoms with Crippen molar-refractivity contribution in [2.45, 2.75) is 18.8 Å². The molecule has 0 bridgehead atoms. The predicted octanol–water partition coefficient (Wildman–Crippen LogP) is 2.45. The number of nitrogens with one attached hydrogen (secondary N) is 1. The second-order valence-electron chi connectivity index (χ2n) is 4.04. The lowest BCUT2D eigenvalue weighted by atomic mass is 10.1. The molecule has 1 aliphatic carbocycles. The monoisotopic (exact) mass is 307 g/mol. The van der Waals surface area contributed by atoms with Crippen LogP contribution in [0.2, 0.25) is 0 Å². The smallest absolute Gasteiger partial charge is 0.266 e. The molecule has 1 aromatic rings. The number of carbonyl (C=O) groups is 1. The fourth-order valence-electron chi connectivity index (χ4n) is 1.58. The number of hydrogen-bond donors (Lipinski definition) is 2. The molecule has 0 aliphatic heterocycles. The molecule has 0 saturated heterocycles. The highest BCUT2D eigenvalue weighted by Gasteiger charge is 2.30. The first-order chi connectivity index (χ1) is 8.54. The number of amides is 1. The molecule has 1 saturated carbocycles. The van der Waals surface area contributed by atoms with E-state index in [4.69, 9.17) is 5.26 Å². The lowest BCUT2D eigenvalue weighted by molar-refractivity contribution is -0.112. The Morgan fingerprint density at radius 3 is 2.89 bits per heavy atom. The Bertz CT molecular complexity index is 573. The maximum absolute atomic E-state index is 11.5. The first-order valence-electron chi connectivity index (χ1n) is 5.32. The van der Waals surface area contributed by atoms with Gasteiger partial charge in [0, 0.05) is 16.2 Å². The fraction of sp³-hybridized carbons (Fsp3) is 0.250. The normalized spacial score (nSPS) is 13.8. The Balaban J connectivity index is 2.30. The molecule has 2 rings (SSSR count). The minimum Gasteiger partial charge on any atom is -0.504 e. The van der Waals surface area contributed by atoms with E-state index in [0.29, 0.717) is 5.92 Å². The van der Waals surface area contributed by atoms with Gasteiger partial charge >= 0.3 is 0 Å². The van der Waals surface area contributed by atoms with Crippen LogP contribution in [0.5, 0.6) is 5.75 Å². The average Bonchev–Trinajstić information content (AvgIpc) is 3.16. The van der Waals surface area contributed by atoms with Gasteiger partial charge in [-0.3, -0.25) is 4.79 Å². The zero-order valence-electron chi connectivity index (χ0n) is 9.40. The van der Waals surface area contributed by atoms with E-state index in [0.717, 1.165) is 22.9 Å². The van der Waals surface area contributed by atoms with Crippen LogP contribution in [0.3, 0.4) is 0 Å². The molecule has 0 atom stereocenters. The number of hydrogen-bond acceptors (Lipinski definition) is 4. The fourth-order valence-corrected chi connectivity index (χ4v) is 2.19. The SMILES string of the molecule is C=C(C#N)C(=O)Nc1ncc(Br)c(C2CC2)c1O. The second-order valence-corrected chi connectivity index (χ2v) is 4.89. The van der Waals surface area contributed by atoms with E-state index in [1.807, 2.05) is 0 Å². The van der Waals surface area contributed by atoms with Gasteiger partial charge in [-0.1, -0.05) is 6.58 Å². The van der Waals surface area contributed by atoms with E-state index >= 15 is 0 Å². The molecule has 1 fully saturated rings. The van der Waals surface area contributed by atoms with Crippen molar-refractivity contribution in [2.75, 3.05) is 5.32 Å². The second kappa shape index (κ2) is 4.78. The summed E-state index contributed by atoms with van der Waals surface area (Å²) in [7, 11) is 0. The number of aromatic hydroxyl groups is 1. The molecule has 92 valence electrons. The van der Waals surface area contributed by atoms with Gasteiger partial charge in [0.25, 0.3) is 5.91 Å². The van der Waals surface area contributed by atoms with Crippen molar-refractivity contribution in [3.8, 4) is 11.8 Å². The van der Waals surface area contributed by atoms with Gasteiger partial charge in [0.1, 0.15) is 11.6 Å². The summed E-state index contributed by atoms with van der Waals surface area (Å²) < 4.78 is 0.722. The molecular weight excluding hydrogens is 298 g/mol. The zero-order valence-corrected chi connectivity index (χ0v) is 11.0. The Morgan fingerprint density at radius 1 is 1.67 bits per heavy atom. The highest BCUT2D eigenvalue weighted by atomic mass is 79.9. The van der Waals surface area contributed by atoms with E-state index in [1.54, 1.807) is 6.07 Å². The van der Waals surface area contributed by atoms with Gasteiger partial charge in [-0.25, -0.2) is 4.98 Å². The number of nitriles is 1. The lowest BCUT2D eigenvalue weighted by Gasteiger charge is -2.10. The van der Waals surface area contributed by atoms with Crippen molar-refractivity contribution in [1.82, 2.24) is 4.98 Å². The first-order valence-corrected chi connectivity index (χ1v) is 6.11. The molecule has 0 aromatic carbocycles. The Labute approximate surface area is 112 Å². The molecule has 5 nitrogen and oxygen atoms in total. The standard InChI is InChI=1S/C12H10BrN3O2/c1-6(4-14)12(18)16-11-10(17)9(7-2-3-7)8(13)5-15-11/h5,7,17H,1-3H2,(H,15,16,18). The number of anilines is 1. The Morgan fingerprint density at radius 2 is 2.33 bits per heavy atom. The zero-order chi connectivity index (χ0) is 13.3. The van der Waals surface area contributed by atoms with Crippen molar-refractivity contribution in [3.63, 3.8) is 0 Å². The number of halogens is 1. The van der Waals surface area contributed by atoms with Crippen LogP contribution < -0.4 is 5.32 Å². The quantitative estimate of drug-likeness (QED) is 0.663. The maximum Gasteiger partial charge on any atom is 0.266 e. The van der Waals surface area contributed by atoms with Crippen LogP contribution in [0.1, 0.15) is 24.3 Å². The third kappa shape index (κ3) is 2.36. The molecule has 2 N–H and O–H groups in total. The van der Waals surface area contributed by atoms with Gasteiger partial charge in [0.05, 0.1) is 0 Å². The van der Waals surface area contributed by atoms with E-state index in [1.165, 1.54) is 6.20 Å². The summed E-state index contributed by atoms with van der Waals surface area (Å²) in [5, 5.41) is 21.0. The molecule has 1 aliphatic rings. The number of carbonyl (C=O) groups excluding carboxylic acids is 1. The van der Waals surface area contributed by atoms with E-state index < -0.39 is 5.91 Å². The van der Waals surface area contributed by atoms with Crippen molar-refractivity contribution in [1.29, 1.82) is 5.26 Å². The molecule has 0 radical (unpaired) electrons. The highest BCUT2D eigenvalue weighted by molar-refractivity contribution is 9.10. The number of aromatic nitrogens is 1. The summed E-state index contributed by atoms with van der Waals surface area (Å²) in [6.45, 7) is 3.29. The maximum atomic E-state index is 11.5. The Kier molecular flexibility index (Phi) is 3.34. The summed E-state index contributed by atoms with van der Waals surface area (Å²) in [6, 6.07) is 1.64. The summed E-state index contributed by atoms with van der Waals surface area (Å²) in [5.41, 5.74) is 0.523. The highest BCUT2D eigenvalue weighted by Crippen LogP contribution is 2.48. The van der Waals surface area contributed by atoms with Crippen molar-refractivity contribution in [2.24, 2.45) is 0 Å². The summed E-state index contributed by atoms with van der Waals surface area (Å²) in [6.07, 6.45) is 3.54. The van der Waals surface area contributed by atoms with Gasteiger partial charge in [-0.15, -0.1) is 0 Å². The van der Waals surface area contributed by atoms with E-state index in [-0.39, 0.29) is 17.1 Å². The predicted molar refractivity (Wildman–Crippen MR) is 69.0 cm³/mol. The van der Waals surface area contributed by atoms with E-state index in [2.05, 4.69) is 32.8 Å². The van der Waals surface area contributed by atoms with Crippen molar-refractivity contribution in [3.05, 3.63) is 28.4 Å². The lowest BCUT2D eigenvalue weighted by Crippen LogP contribution is -2.14. The van der Waals surface area contributed by atoms with Crippen LogP contribution in [0, 0.1) is 11.3 Å². The summed E-state index contributed by atoms with van der Waals surface area (Å²) >= 11 is 3.33. The summed E-state index contributed by atoms with van der Waals surface area (Å²) in [5.74, 6) is -0.353. The molecule has 1 aromatic heterocycles. The van der Waals surface area contributed by atoms with Gasteiger partial charge in [0.2, 0.25) is 0 Å². The molecule has 6 heteroatoms. The third-order valence-corrected chi connectivity index (χ3v) is 3.30. The topological polar surface area (TPSA) is 86.0 Å². The van der Waals surface area contributed by atoms with Crippen LogP contribution in [0.15, 0.2) is 22.8 Å². The Hall–Kier alpha value is -1.87. The molecule has 1 heterocycles. The van der Waals surface area contributed by atoms with Gasteiger partial charge in [0.15, 0.2) is 11.6 Å². The van der Waals surface area contributed by atoms with Crippen LogP contribution in [0.25, 0.3) is 0 Å². The van der Waals surface area contributed by atoms with Crippen LogP contribution in [-0.2, 0) is 4.79 Å². The minimum absolute atomic E-state index is 0.0500. The van der Waals surface area contributed by atoms with Crippen LogP contribution >= 0.6 is 15.9 Å². The third-order valence-electron chi connectivity index (χ3n) is 2.67. The van der Waals surface area contributed by atoms with Gasteiger partial charge in [-0.2, -0.15) is 5.26 Å². The summed E-state index contributed by atoms with van der Waals surface area (Å²) in [4.78, 5) is 15.4. The van der Waals surface area contributed by atoms with Crippen LogP contribution in [-0.4, -0.2) is 16.0 Å². The van der Waals surface area contributed by atoms with Gasteiger partial charge < -0.3 is 10.4 Å². The number of pyridine rings is 1. The average molecular weight is 308 g/mol. The molecule has 0 unspecified atom stereocenters. The molecule has 0 spiro atoms. The first kappa shape index (κ1) is 12.6. The molecule has 18 heavy (non-hydrogen) atoms. The van der Waals surface area contributed by atoms with Crippen molar-refractivity contribution < 1.29 is 9.90 Å². The minimum atomic E-state index is -0.663. The molecular formula is C12H10BrN3O2. The van der Waals surface area contributed by atoms with E-state index in [9.17, 15) is 9.90 Å². The largest absolute Gasteiger partial charge is 0.504 e.